The van der Waals surface area contributed by atoms with Gasteiger partial charge in [-0.05, 0) is 24.7 Å². The molecule has 0 aromatic heterocycles. The van der Waals surface area contributed by atoms with Crippen LogP contribution < -0.4 is 0 Å². The van der Waals surface area contributed by atoms with Gasteiger partial charge in [-0.3, -0.25) is 19.2 Å². The minimum absolute atomic E-state index is 0. The van der Waals surface area contributed by atoms with E-state index in [2.05, 4.69) is 143 Å². The van der Waals surface area contributed by atoms with Crippen molar-refractivity contribution in [3.8, 4) is 0 Å². The van der Waals surface area contributed by atoms with Gasteiger partial charge in [-0.1, -0.05) is 223 Å². The van der Waals surface area contributed by atoms with Gasteiger partial charge in [0.1, 0.15) is 36.2 Å². The molecule has 16 radical (unpaired) electrons. The largest absolute Gasteiger partial charge is 0.465 e. The van der Waals surface area contributed by atoms with E-state index in [1.807, 2.05) is 0 Å². The summed E-state index contributed by atoms with van der Waals surface area (Å²) in [7, 11) is 0. The van der Waals surface area contributed by atoms with Crippen LogP contribution in [0.25, 0.3) is 0 Å². The predicted octanol–water partition coefficient (Wildman–Crippen LogP) is 12.1. The number of ether oxygens (including phenoxy) is 4. The first-order valence-corrected chi connectivity index (χ1v) is 22.1. The molecule has 0 fully saturated rings. The van der Waals surface area contributed by atoms with E-state index in [1.165, 1.54) is 51.4 Å². The van der Waals surface area contributed by atoms with Crippen LogP contribution in [-0.2, 0) is 38.1 Å². The van der Waals surface area contributed by atoms with Crippen molar-refractivity contribution in [1.82, 2.24) is 0 Å². The van der Waals surface area contributed by atoms with E-state index >= 15 is 0 Å². The van der Waals surface area contributed by atoms with Crippen molar-refractivity contribution in [2.75, 3.05) is 49.4 Å². The van der Waals surface area contributed by atoms with Crippen molar-refractivity contribution >= 4 is 122 Å². The third-order valence-electron chi connectivity index (χ3n) is 5.87. The molecule has 8 nitrogen and oxygen atoms in total. The average Bonchev–Trinajstić information content (AvgIpc) is 3.19. The second kappa shape index (κ2) is 76.6. The molecule has 0 aromatic rings. The van der Waals surface area contributed by atoms with E-state index in [4.69, 9.17) is 9.47 Å². The molecule has 0 amide bonds. The Kier molecular flexibility index (Phi) is 106. The number of carbonyl (C=O) groups excluding carboxylic acids is 4. The second-order valence-corrected chi connectivity index (χ2v) is 13.5. The smallest absolute Gasteiger partial charge is 0.316 e. The maximum atomic E-state index is 10.6. The van der Waals surface area contributed by atoms with Crippen LogP contribution in [0.3, 0.4) is 0 Å². The zero-order chi connectivity index (χ0) is 43.3. The first-order chi connectivity index (χ1) is 25.7. The summed E-state index contributed by atoms with van der Waals surface area (Å²) in [6, 6.07) is 0. The normalized spacial score (nSPS) is 8.96. The summed E-state index contributed by atoms with van der Waals surface area (Å²) in [5, 5.41) is 0. The van der Waals surface area contributed by atoms with Gasteiger partial charge in [0.2, 0.25) is 0 Å². The molecule has 0 aromatic carbocycles. The summed E-state index contributed by atoms with van der Waals surface area (Å²) in [6.45, 7) is 32.9. The molecule has 0 heterocycles. The van der Waals surface area contributed by atoms with Crippen molar-refractivity contribution in [2.24, 2.45) is 11.8 Å². The first-order valence-electron chi connectivity index (χ1n) is 19.8. The second-order valence-electron chi connectivity index (χ2n) is 12.4. The van der Waals surface area contributed by atoms with Crippen LogP contribution >= 0.6 is 50.5 Å². The number of unbranched alkanes of at least 4 members (excludes halogenated alkanes) is 8. The van der Waals surface area contributed by atoms with Gasteiger partial charge in [0.05, 0.1) is 13.2 Å². The molecular formula is C42H82O8S4Sn2. The van der Waals surface area contributed by atoms with E-state index in [0.29, 0.717) is 13.2 Å². The van der Waals surface area contributed by atoms with Gasteiger partial charge in [-0.15, -0.1) is 0 Å². The molecule has 0 N–H and O–H groups in total. The van der Waals surface area contributed by atoms with Gasteiger partial charge >= 0.3 is 23.9 Å². The average molecular weight is 1080 g/mol. The number of carbonyl (C=O) groups is 4. The summed E-state index contributed by atoms with van der Waals surface area (Å²) in [5.74, 6) is 0.0176. The van der Waals surface area contributed by atoms with E-state index in [0.717, 1.165) is 63.2 Å². The SMILES string of the molecule is CC(C)CCCCCOC(=O)C[S].CC(C)CCCCCOC(=O)C[S].O=C(C[S])OCCOC(=O)C[S].[CH2]CCC.[CH2]CCC.[CH2]CCC.[CH2]CCC.[Sn].[Sn]. The molecule has 0 aliphatic rings. The number of rotatable bonds is 23. The van der Waals surface area contributed by atoms with Crippen LogP contribution in [0.2, 0.25) is 0 Å². The summed E-state index contributed by atoms with van der Waals surface area (Å²) in [6.07, 6.45) is 18.3. The first kappa shape index (κ1) is 77.5. The van der Waals surface area contributed by atoms with Crippen LogP contribution in [0.1, 0.15) is 158 Å². The van der Waals surface area contributed by atoms with Crippen molar-refractivity contribution in [3.63, 3.8) is 0 Å². The number of hydrogen-bond acceptors (Lipinski definition) is 8. The summed E-state index contributed by atoms with van der Waals surface area (Å²) >= 11 is 17.9. The Bertz CT molecular complexity index is 650. The molecule has 14 heteroatoms. The van der Waals surface area contributed by atoms with Gasteiger partial charge in [0.15, 0.2) is 0 Å². The zero-order valence-corrected chi connectivity index (χ0v) is 45.8. The van der Waals surface area contributed by atoms with Crippen LogP contribution in [0.5, 0.6) is 0 Å². The van der Waals surface area contributed by atoms with Gasteiger partial charge in [-0.2, -0.15) is 0 Å². The molecule has 0 spiro atoms. The predicted molar refractivity (Wildman–Crippen MR) is 253 cm³/mol. The molecule has 56 heavy (non-hydrogen) atoms. The maximum absolute atomic E-state index is 10.6. The molecule has 0 saturated heterocycles. The Morgan fingerprint density at radius 1 is 0.411 bits per heavy atom. The molecule has 330 valence electrons. The fraction of sp³-hybridized carbons (Fsp3) is 0.810. The van der Waals surface area contributed by atoms with Crippen LogP contribution in [0.4, 0.5) is 0 Å². The Labute approximate surface area is 404 Å². The summed E-state index contributed by atoms with van der Waals surface area (Å²) < 4.78 is 18.8. The third-order valence-corrected chi connectivity index (χ3v) is 6.82. The van der Waals surface area contributed by atoms with Crippen LogP contribution in [0.15, 0.2) is 0 Å². The third kappa shape index (κ3) is 111. The molecule has 0 saturated carbocycles. The number of esters is 4. The minimum Gasteiger partial charge on any atom is -0.465 e. The monoisotopic (exact) mass is 1080 g/mol. The molecule has 0 aliphatic heterocycles. The van der Waals surface area contributed by atoms with Gasteiger partial charge in [0.25, 0.3) is 0 Å². The van der Waals surface area contributed by atoms with Crippen molar-refractivity contribution < 1.29 is 38.1 Å². The molecule has 0 unspecified atom stereocenters. The topological polar surface area (TPSA) is 105 Å². The van der Waals surface area contributed by atoms with Gasteiger partial charge in [-0.25, -0.2) is 0 Å². The van der Waals surface area contributed by atoms with Crippen molar-refractivity contribution in [2.45, 2.75) is 158 Å². The fourth-order valence-electron chi connectivity index (χ4n) is 2.51. The molecule has 0 aliphatic carbocycles. The van der Waals surface area contributed by atoms with Gasteiger partial charge < -0.3 is 18.9 Å². The van der Waals surface area contributed by atoms with Crippen LogP contribution in [0, 0.1) is 39.5 Å². The fourth-order valence-corrected chi connectivity index (χ4v) is 2.85. The Morgan fingerprint density at radius 3 is 0.768 bits per heavy atom. The van der Waals surface area contributed by atoms with Crippen molar-refractivity contribution in [1.29, 1.82) is 0 Å². The Morgan fingerprint density at radius 2 is 0.607 bits per heavy atom. The molecule has 0 rings (SSSR count). The maximum Gasteiger partial charge on any atom is 0.316 e. The quantitative estimate of drug-likeness (QED) is 0.0431. The van der Waals surface area contributed by atoms with Crippen molar-refractivity contribution in [3.05, 3.63) is 27.7 Å². The zero-order valence-electron chi connectivity index (χ0n) is 36.9. The minimum atomic E-state index is -0.487. The van der Waals surface area contributed by atoms with E-state index in [9.17, 15) is 19.2 Å². The van der Waals surface area contributed by atoms with Crippen LogP contribution in [-0.4, -0.2) is 121 Å². The summed E-state index contributed by atoms with van der Waals surface area (Å²) in [5.41, 5.74) is 0. The molecular weight excluding hydrogens is 998 g/mol. The summed E-state index contributed by atoms with van der Waals surface area (Å²) in [4.78, 5) is 42.1. The Hall–Kier alpha value is 0.877. The molecule has 0 atom stereocenters. The standard InChI is InChI=1S/2C10H19O2S.C6H8O4S2.4C4H9.2Sn/c2*1-9(2)6-4-3-5-7-12-10(11)8-13;7-5(3-11)9-1-2-10-6(8)4-12;4*1-3-4-2;;/h2*9H,3-8H2,1-2H3;1-4H2;4*1,3-4H2,2H3;;. The van der Waals surface area contributed by atoms with Gasteiger partial charge in [0, 0.05) is 47.8 Å². The number of hydrogen-bond donors (Lipinski definition) is 0. The Balaban J connectivity index is -0.0000000698. The van der Waals surface area contributed by atoms with E-state index < -0.39 is 11.9 Å². The van der Waals surface area contributed by atoms with E-state index in [-0.39, 0.29) is 96.0 Å². The van der Waals surface area contributed by atoms with E-state index in [1.54, 1.807) is 0 Å². The molecule has 0 bridgehead atoms.